The first-order valence-electron chi connectivity index (χ1n) is 7.75. The highest BCUT2D eigenvalue weighted by Crippen LogP contribution is 2.34. The van der Waals surface area contributed by atoms with Crippen LogP contribution >= 0.6 is 39.1 Å². The van der Waals surface area contributed by atoms with Gasteiger partial charge in [-0.15, -0.1) is 0 Å². The van der Waals surface area contributed by atoms with Gasteiger partial charge < -0.3 is 5.32 Å². The maximum absolute atomic E-state index is 6.38. The molecule has 0 atom stereocenters. The molecule has 5 nitrogen and oxygen atoms in total. The number of halogens is 3. The third kappa shape index (κ3) is 3.28. The Balaban J connectivity index is 1.80. The van der Waals surface area contributed by atoms with E-state index in [0.717, 1.165) is 21.4 Å². The van der Waals surface area contributed by atoms with Crippen LogP contribution in [0.25, 0.3) is 16.9 Å². The van der Waals surface area contributed by atoms with Gasteiger partial charge in [0, 0.05) is 30.6 Å². The quantitative estimate of drug-likeness (QED) is 0.449. The van der Waals surface area contributed by atoms with Crippen LogP contribution in [-0.4, -0.2) is 19.6 Å². The van der Waals surface area contributed by atoms with Crippen molar-refractivity contribution in [3.63, 3.8) is 0 Å². The van der Waals surface area contributed by atoms with E-state index < -0.39 is 0 Å². The molecular weight excluding hydrogens is 437 g/mol. The highest BCUT2D eigenvalue weighted by molar-refractivity contribution is 9.10. The largest absolute Gasteiger partial charge is 0.366 e. The zero-order chi connectivity index (χ0) is 18.1. The molecule has 0 fully saturated rings. The van der Waals surface area contributed by atoms with E-state index in [2.05, 4.69) is 36.3 Å². The SMILES string of the molecule is Clc1cccc(-c2cc(NCc3ccncc3)n3ncc(Br)c3n2)c1Cl. The molecule has 0 bridgehead atoms. The third-order valence-electron chi connectivity index (χ3n) is 3.88. The van der Waals surface area contributed by atoms with Gasteiger partial charge in [-0.05, 0) is 39.7 Å². The first kappa shape index (κ1) is 17.3. The molecule has 3 heterocycles. The number of benzene rings is 1. The number of nitrogens with one attached hydrogen (secondary N) is 1. The van der Waals surface area contributed by atoms with Crippen molar-refractivity contribution in [2.45, 2.75) is 6.54 Å². The van der Waals surface area contributed by atoms with E-state index in [4.69, 9.17) is 23.2 Å². The number of rotatable bonds is 4. The summed E-state index contributed by atoms with van der Waals surface area (Å²) in [6.45, 7) is 0.627. The minimum Gasteiger partial charge on any atom is -0.366 e. The number of hydrogen-bond acceptors (Lipinski definition) is 4. The first-order valence-corrected chi connectivity index (χ1v) is 9.30. The molecule has 0 aliphatic heterocycles. The Morgan fingerprint density at radius 2 is 1.92 bits per heavy atom. The number of fused-ring (bicyclic) bond motifs is 1. The predicted octanol–water partition coefficient (Wildman–Crippen LogP) is 5.47. The van der Waals surface area contributed by atoms with E-state index in [1.54, 1.807) is 29.2 Å². The smallest absolute Gasteiger partial charge is 0.172 e. The average Bonchev–Trinajstić information content (AvgIpc) is 3.04. The second-order valence-electron chi connectivity index (χ2n) is 5.56. The summed E-state index contributed by atoms with van der Waals surface area (Å²) < 4.78 is 2.54. The summed E-state index contributed by atoms with van der Waals surface area (Å²) >= 11 is 16.0. The van der Waals surface area contributed by atoms with E-state index in [-0.39, 0.29) is 0 Å². The van der Waals surface area contributed by atoms with Gasteiger partial charge in [0.15, 0.2) is 5.65 Å². The Labute approximate surface area is 168 Å². The van der Waals surface area contributed by atoms with Crippen molar-refractivity contribution in [3.8, 4) is 11.3 Å². The maximum atomic E-state index is 6.38. The fraction of sp³-hybridized carbons (Fsp3) is 0.0556. The van der Waals surface area contributed by atoms with Crippen LogP contribution in [0, 0.1) is 0 Å². The number of nitrogens with zero attached hydrogens (tertiary/aromatic N) is 4. The monoisotopic (exact) mass is 447 g/mol. The Morgan fingerprint density at radius 3 is 2.73 bits per heavy atom. The molecule has 4 aromatic rings. The Kier molecular flexibility index (Phi) is 4.80. The van der Waals surface area contributed by atoms with Gasteiger partial charge in [-0.3, -0.25) is 4.98 Å². The van der Waals surface area contributed by atoms with Crippen molar-refractivity contribution in [1.82, 2.24) is 19.6 Å². The van der Waals surface area contributed by atoms with Crippen LogP contribution in [0.5, 0.6) is 0 Å². The lowest BCUT2D eigenvalue weighted by Crippen LogP contribution is -2.07. The zero-order valence-electron chi connectivity index (χ0n) is 13.3. The van der Waals surface area contributed by atoms with Gasteiger partial charge in [0.2, 0.25) is 0 Å². The number of aromatic nitrogens is 4. The molecule has 130 valence electrons. The molecule has 0 radical (unpaired) electrons. The number of anilines is 1. The third-order valence-corrected chi connectivity index (χ3v) is 5.26. The summed E-state index contributed by atoms with van der Waals surface area (Å²) in [5.41, 5.74) is 3.28. The molecule has 0 saturated carbocycles. The normalized spacial score (nSPS) is 11.0. The number of hydrogen-bond donors (Lipinski definition) is 1. The first-order chi connectivity index (χ1) is 12.6. The molecular formula is C18H12BrCl2N5. The molecule has 26 heavy (non-hydrogen) atoms. The maximum Gasteiger partial charge on any atom is 0.172 e. The van der Waals surface area contributed by atoms with Crippen LogP contribution in [0.4, 0.5) is 5.82 Å². The number of pyridine rings is 1. The summed E-state index contributed by atoms with van der Waals surface area (Å²) in [7, 11) is 0. The van der Waals surface area contributed by atoms with Crippen LogP contribution in [0.3, 0.4) is 0 Å². The van der Waals surface area contributed by atoms with E-state index in [0.29, 0.717) is 27.9 Å². The molecule has 0 spiro atoms. The minimum absolute atomic E-state index is 0.474. The molecule has 3 aromatic heterocycles. The van der Waals surface area contributed by atoms with Crippen molar-refractivity contribution in [2.75, 3.05) is 5.32 Å². The van der Waals surface area contributed by atoms with Crippen LogP contribution in [-0.2, 0) is 6.54 Å². The molecule has 0 aliphatic rings. The molecule has 4 rings (SSSR count). The fourth-order valence-electron chi connectivity index (χ4n) is 2.59. The average molecular weight is 449 g/mol. The predicted molar refractivity (Wildman–Crippen MR) is 108 cm³/mol. The lowest BCUT2D eigenvalue weighted by molar-refractivity contribution is 0.926. The highest BCUT2D eigenvalue weighted by Gasteiger charge is 2.14. The van der Waals surface area contributed by atoms with Crippen molar-refractivity contribution in [2.24, 2.45) is 0 Å². The van der Waals surface area contributed by atoms with Crippen LogP contribution in [0.15, 0.2) is 59.5 Å². The molecule has 0 aliphatic carbocycles. The molecule has 1 aromatic carbocycles. The van der Waals surface area contributed by atoms with Gasteiger partial charge in [0.25, 0.3) is 0 Å². The molecule has 0 saturated heterocycles. The topological polar surface area (TPSA) is 55.1 Å². The van der Waals surface area contributed by atoms with Crippen LogP contribution < -0.4 is 5.32 Å². The van der Waals surface area contributed by atoms with E-state index in [1.807, 2.05) is 30.3 Å². The summed E-state index contributed by atoms with van der Waals surface area (Å²) in [6, 6.07) is 11.3. The van der Waals surface area contributed by atoms with Crippen LogP contribution in [0.2, 0.25) is 10.0 Å². The lowest BCUT2D eigenvalue weighted by Gasteiger charge is -2.12. The molecule has 1 N–H and O–H groups in total. The lowest BCUT2D eigenvalue weighted by atomic mass is 10.1. The highest BCUT2D eigenvalue weighted by atomic mass is 79.9. The van der Waals surface area contributed by atoms with Crippen molar-refractivity contribution in [3.05, 3.63) is 75.1 Å². The second kappa shape index (κ2) is 7.23. The Morgan fingerprint density at radius 1 is 1.12 bits per heavy atom. The Bertz CT molecular complexity index is 1080. The van der Waals surface area contributed by atoms with Gasteiger partial charge in [-0.1, -0.05) is 35.3 Å². The van der Waals surface area contributed by atoms with Crippen LogP contribution in [0.1, 0.15) is 5.56 Å². The summed E-state index contributed by atoms with van der Waals surface area (Å²) in [5.74, 6) is 0.795. The van der Waals surface area contributed by atoms with Gasteiger partial charge in [0.1, 0.15) is 5.82 Å². The summed E-state index contributed by atoms with van der Waals surface area (Å²) in [6.07, 6.45) is 5.24. The molecule has 0 unspecified atom stereocenters. The van der Waals surface area contributed by atoms with Gasteiger partial charge in [-0.25, -0.2) is 4.98 Å². The second-order valence-corrected chi connectivity index (χ2v) is 7.20. The summed E-state index contributed by atoms with van der Waals surface area (Å²) in [4.78, 5) is 8.72. The molecule has 8 heteroatoms. The standard InChI is InChI=1S/C18H12BrCl2N5/c19-13-10-24-26-16(23-9-11-4-6-22-7-5-11)8-15(25-18(13)26)12-2-1-3-14(20)17(12)21/h1-8,10,23H,9H2. The van der Waals surface area contributed by atoms with Gasteiger partial charge >= 0.3 is 0 Å². The van der Waals surface area contributed by atoms with Crippen molar-refractivity contribution < 1.29 is 0 Å². The summed E-state index contributed by atoms with van der Waals surface area (Å²) in [5, 5.41) is 8.74. The zero-order valence-corrected chi connectivity index (χ0v) is 16.4. The molecule has 0 amide bonds. The Hall–Kier alpha value is -2.15. The van der Waals surface area contributed by atoms with E-state index >= 15 is 0 Å². The fourth-order valence-corrected chi connectivity index (χ4v) is 3.34. The van der Waals surface area contributed by atoms with Gasteiger partial charge in [-0.2, -0.15) is 9.61 Å². The van der Waals surface area contributed by atoms with E-state index in [9.17, 15) is 0 Å². The van der Waals surface area contributed by atoms with Crippen molar-refractivity contribution >= 4 is 50.6 Å². The van der Waals surface area contributed by atoms with Gasteiger partial charge in [0.05, 0.1) is 26.4 Å². The van der Waals surface area contributed by atoms with Crippen molar-refractivity contribution in [1.29, 1.82) is 0 Å². The minimum atomic E-state index is 0.474. The van der Waals surface area contributed by atoms with E-state index in [1.165, 1.54) is 0 Å².